The molecule has 0 spiro atoms. The fourth-order valence-electron chi connectivity index (χ4n) is 4.56. The van der Waals surface area contributed by atoms with Gasteiger partial charge in [0, 0.05) is 49.9 Å². The lowest BCUT2D eigenvalue weighted by molar-refractivity contribution is -0.162. The van der Waals surface area contributed by atoms with Crippen molar-refractivity contribution in [2.45, 2.75) is 44.1 Å². The molecule has 2 heterocycles. The van der Waals surface area contributed by atoms with Crippen LogP contribution in [0, 0.1) is 0 Å². The predicted octanol–water partition coefficient (Wildman–Crippen LogP) is 3.39. The Morgan fingerprint density at radius 1 is 1.18 bits per heavy atom. The Hall–Kier alpha value is -2.93. The molecule has 216 valence electrons. The third-order valence-corrected chi connectivity index (χ3v) is 8.37. The van der Waals surface area contributed by atoms with Crippen molar-refractivity contribution < 1.29 is 46.4 Å². The lowest BCUT2D eigenvalue weighted by Gasteiger charge is -2.41. The van der Waals surface area contributed by atoms with Crippen LogP contribution < -0.4 is 5.32 Å². The summed E-state index contributed by atoms with van der Waals surface area (Å²) >= 11 is 5.73. The van der Waals surface area contributed by atoms with Gasteiger partial charge in [-0.1, -0.05) is 35.9 Å². The molecule has 4 rings (SSSR count). The number of nitrogens with zero attached hydrogens (tertiary/aromatic N) is 2. The molecule has 0 bridgehead atoms. The second-order valence-electron chi connectivity index (χ2n) is 9.14. The number of halogens is 3. The van der Waals surface area contributed by atoms with E-state index in [-0.39, 0.29) is 31.0 Å². The summed E-state index contributed by atoms with van der Waals surface area (Å²) in [6, 6.07) is 8.56. The van der Waals surface area contributed by atoms with Crippen LogP contribution in [0.15, 0.2) is 42.5 Å². The van der Waals surface area contributed by atoms with Crippen LogP contribution in [0.25, 0.3) is 0 Å². The van der Waals surface area contributed by atoms with Crippen LogP contribution in [0.1, 0.15) is 39.9 Å². The summed E-state index contributed by atoms with van der Waals surface area (Å²) in [5, 5.41) is 13.4. The largest absolute Gasteiger partial charge is 0.475 e. The van der Waals surface area contributed by atoms with E-state index in [1.165, 1.54) is 29.2 Å². The molecule has 2 unspecified atom stereocenters. The number of hydrogen-bond acceptors (Lipinski definition) is 8. The zero-order valence-corrected chi connectivity index (χ0v) is 23.2. The number of carbonyl (C=O) groups is 3. The molecule has 2 aliphatic rings. The number of phosphoric acid groups is 1. The fourth-order valence-corrected chi connectivity index (χ4v) is 5.31. The van der Waals surface area contributed by atoms with E-state index in [1.807, 2.05) is 0 Å². The number of rotatable bonds is 10. The zero-order valence-electron chi connectivity index (χ0n) is 21.5. The Bertz CT molecular complexity index is 1340. The molecule has 2 aromatic rings. The monoisotopic (exact) mass is 601 g/mol. The summed E-state index contributed by atoms with van der Waals surface area (Å²) in [6.07, 6.45) is -1.30. The summed E-state index contributed by atoms with van der Waals surface area (Å²) in [7, 11) is -1.72. The second kappa shape index (κ2) is 11.9. The minimum atomic E-state index is -3.92. The Morgan fingerprint density at radius 3 is 2.50 bits per heavy atom. The molecule has 0 radical (unpaired) electrons. The van der Waals surface area contributed by atoms with Crippen molar-refractivity contribution in [3.63, 3.8) is 0 Å². The third-order valence-electron chi connectivity index (χ3n) is 6.79. The smallest absolute Gasteiger partial charge is 0.371 e. The van der Waals surface area contributed by atoms with Crippen molar-refractivity contribution >= 4 is 37.1 Å². The number of benzene rings is 2. The number of hydrogen-bond donors (Lipinski definition) is 2. The van der Waals surface area contributed by atoms with Gasteiger partial charge in [-0.15, -0.1) is 0 Å². The van der Waals surface area contributed by atoms with E-state index in [1.54, 1.807) is 6.07 Å². The topological polar surface area (TPSA) is 135 Å². The SMILES string of the molecule is COP(=O)(OC)OCN1C(=O)CCC(N2Cc3cc(CNC(=O)C(F)(F)c4ccc(Cl)cc4)ccc3C2=O)C1O. The highest BCUT2D eigenvalue weighted by atomic mass is 35.5. The maximum Gasteiger partial charge on any atom is 0.475 e. The molecule has 40 heavy (non-hydrogen) atoms. The average molecular weight is 602 g/mol. The van der Waals surface area contributed by atoms with Crippen molar-refractivity contribution in [1.82, 2.24) is 15.1 Å². The highest BCUT2D eigenvalue weighted by molar-refractivity contribution is 7.48. The summed E-state index contributed by atoms with van der Waals surface area (Å²) in [5.41, 5.74) is 0.895. The van der Waals surface area contributed by atoms with Crippen LogP contribution in [0.2, 0.25) is 5.02 Å². The van der Waals surface area contributed by atoms with Gasteiger partial charge in [0.25, 0.3) is 11.8 Å². The van der Waals surface area contributed by atoms with Crippen LogP contribution in [0.4, 0.5) is 8.78 Å². The molecule has 2 aromatic carbocycles. The number of aliphatic hydroxyl groups excluding tert-OH is 1. The highest BCUT2D eigenvalue weighted by Crippen LogP contribution is 2.48. The van der Waals surface area contributed by atoms with Crippen LogP contribution in [-0.4, -0.2) is 65.8 Å². The van der Waals surface area contributed by atoms with Gasteiger partial charge >= 0.3 is 13.7 Å². The Kier molecular flexibility index (Phi) is 8.93. The molecular weight excluding hydrogens is 575 g/mol. The lowest BCUT2D eigenvalue weighted by Crippen LogP contribution is -2.57. The number of fused-ring (bicyclic) bond motifs is 1. The molecule has 0 saturated carbocycles. The fraction of sp³-hybridized carbons (Fsp3) is 0.400. The van der Waals surface area contributed by atoms with E-state index in [0.717, 1.165) is 31.3 Å². The normalized spacial score (nSPS) is 19.6. The first-order chi connectivity index (χ1) is 18.9. The van der Waals surface area contributed by atoms with Crippen molar-refractivity contribution in [1.29, 1.82) is 0 Å². The van der Waals surface area contributed by atoms with Gasteiger partial charge in [-0.25, -0.2) is 4.57 Å². The maximum absolute atomic E-state index is 14.6. The first-order valence-electron chi connectivity index (χ1n) is 12.1. The van der Waals surface area contributed by atoms with Gasteiger partial charge in [0.2, 0.25) is 5.91 Å². The summed E-state index contributed by atoms with van der Waals surface area (Å²) in [5.74, 6) is -6.13. The number of aliphatic hydroxyl groups is 1. The van der Waals surface area contributed by atoms with E-state index in [9.17, 15) is 32.8 Å². The van der Waals surface area contributed by atoms with Crippen LogP contribution >= 0.6 is 19.4 Å². The molecular formula is C25H27ClF2N3O8P. The lowest BCUT2D eigenvalue weighted by atomic mass is 10.0. The van der Waals surface area contributed by atoms with Gasteiger partial charge < -0.3 is 15.3 Å². The molecule has 11 nitrogen and oxygen atoms in total. The number of alkyl halides is 2. The van der Waals surface area contributed by atoms with Gasteiger partial charge in [0.15, 0.2) is 6.23 Å². The van der Waals surface area contributed by atoms with Gasteiger partial charge in [-0.2, -0.15) is 8.78 Å². The first kappa shape index (κ1) is 30.0. The van der Waals surface area contributed by atoms with E-state index in [0.29, 0.717) is 16.7 Å². The van der Waals surface area contributed by atoms with E-state index in [4.69, 9.17) is 16.1 Å². The summed E-state index contributed by atoms with van der Waals surface area (Å²) < 4.78 is 55.8. The molecule has 2 atom stereocenters. The minimum Gasteiger partial charge on any atom is -0.371 e. The highest BCUT2D eigenvalue weighted by Gasteiger charge is 2.44. The molecule has 1 saturated heterocycles. The Labute approximate surface area is 233 Å². The van der Waals surface area contributed by atoms with Crippen molar-refractivity contribution in [3.8, 4) is 0 Å². The third kappa shape index (κ3) is 6.04. The van der Waals surface area contributed by atoms with Crippen molar-refractivity contribution in [2.75, 3.05) is 21.0 Å². The molecule has 0 aromatic heterocycles. The molecule has 0 aliphatic carbocycles. The number of amides is 3. The number of piperidine rings is 1. The number of carbonyl (C=O) groups excluding carboxylic acids is 3. The average Bonchev–Trinajstić information content (AvgIpc) is 3.26. The quantitative estimate of drug-likeness (QED) is 0.396. The van der Waals surface area contributed by atoms with Crippen LogP contribution in [-0.2, 0) is 46.7 Å². The molecule has 15 heteroatoms. The summed E-state index contributed by atoms with van der Waals surface area (Å²) in [6.45, 7) is -0.723. The minimum absolute atomic E-state index is 0.00537. The molecule has 3 amide bonds. The van der Waals surface area contributed by atoms with Gasteiger partial charge in [0.1, 0.15) is 6.73 Å². The van der Waals surface area contributed by atoms with E-state index in [2.05, 4.69) is 14.4 Å². The number of nitrogens with one attached hydrogen (secondary N) is 1. The van der Waals surface area contributed by atoms with Gasteiger partial charge in [-0.3, -0.25) is 32.9 Å². The van der Waals surface area contributed by atoms with Gasteiger partial charge in [0.05, 0.1) is 6.04 Å². The van der Waals surface area contributed by atoms with E-state index >= 15 is 0 Å². The maximum atomic E-state index is 14.6. The predicted molar refractivity (Wildman–Crippen MR) is 137 cm³/mol. The second-order valence-corrected chi connectivity index (χ2v) is 11.5. The van der Waals surface area contributed by atoms with Crippen molar-refractivity contribution in [2.24, 2.45) is 0 Å². The first-order valence-corrected chi connectivity index (χ1v) is 13.9. The Balaban J connectivity index is 1.42. The molecule has 2 aliphatic heterocycles. The van der Waals surface area contributed by atoms with Crippen LogP contribution in [0.3, 0.4) is 0 Å². The zero-order chi connectivity index (χ0) is 29.2. The van der Waals surface area contributed by atoms with Gasteiger partial charge in [-0.05, 0) is 35.7 Å². The standard InChI is InChI=1S/C25H27ClF2N3O8P/c1-37-40(36,38-2)39-14-31-21(32)10-9-20(23(31)34)30-13-16-11-15(3-8-19(16)22(30)33)12-29-24(35)25(27,28)17-4-6-18(26)7-5-17/h3-8,11,20,23,34H,9-10,12-14H2,1-2H3,(H,29,35). The van der Waals surface area contributed by atoms with Crippen molar-refractivity contribution in [3.05, 3.63) is 69.7 Å². The van der Waals surface area contributed by atoms with Crippen LogP contribution in [0.5, 0.6) is 0 Å². The number of phosphoric ester groups is 1. The number of likely N-dealkylation sites (tertiary alicyclic amines) is 1. The molecule has 1 fully saturated rings. The van der Waals surface area contributed by atoms with E-state index < -0.39 is 56.0 Å². The molecule has 2 N–H and O–H groups in total. The summed E-state index contributed by atoms with van der Waals surface area (Å²) in [4.78, 5) is 40.2. The Morgan fingerprint density at radius 2 is 1.85 bits per heavy atom.